The minimum absolute atomic E-state index is 0.172. The first kappa shape index (κ1) is 9.36. The van der Waals surface area contributed by atoms with Crippen LogP contribution in [0, 0.1) is 6.92 Å². The molecular weight excluding hydrogens is 196 g/mol. The second kappa shape index (κ2) is 3.51. The van der Waals surface area contributed by atoms with E-state index in [1.165, 1.54) is 11.9 Å². The molecule has 0 fully saturated rings. The van der Waals surface area contributed by atoms with E-state index >= 15 is 0 Å². The number of hydrogen-bond donors (Lipinski definition) is 1. The molecule has 2 rings (SSSR count). The first-order valence-electron chi connectivity index (χ1n) is 4.32. The zero-order chi connectivity index (χ0) is 10.1. The van der Waals surface area contributed by atoms with E-state index in [1.807, 2.05) is 7.05 Å². The van der Waals surface area contributed by atoms with E-state index in [9.17, 15) is 0 Å². The minimum Gasteiger partial charge on any atom is -0.318 e. The molecule has 1 atom stereocenters. The van der Waals surface area contributed by atoms with Crippen LogP contribution in [0.1, 0.15) is 23.0 Å². The highest BCUT2D eigenvalue weighted by Gasteiger charge is 2.16. The topological polar surface area (TPSA) is 56.7 Å². The maximum atomic E-state index is 6.09. The highest BCUT2D eigenvalue weighted by Crippen LogP contribution is 2.23. The van der Waals surface area contributed by atoms with Gasteiger partial charge in [-0.15, -0.1) is 0 Å². The lowest BCUT2D eigenvalue weighted by atomic mass is 10.1. The molecule has 1 unspecified atom stereocenters. The summed E-state index contributed by atoms with van der Waals surface area (Å²) in [5, 5.41) is 8.16. The van der Waals surface area contributed by atoms with E-state index < -0.39 is 0 Å². The van der Waals surface area contributed by atoms with Crippen molar-refractivity contribution in [1.82, 2.24) is 14.8 Å². The molecule has 0 radical (unpaired) electrons. The monoisotopic (exact) mass is 208 g/mol. The zero-order valence-corrected chi connectivity index (χ0v) is 8.95. The molecule has 0 aliphatic carbocycles. The summed E-state index contributed by atoms with van der Waals surface area (Å²) in [7, 11) is 1.85. The Hall–Kier alpha value is -1.20. The van der Waals surface area contributed by atoms with Gasteiger partial charge in [0.25, 0.3) is 0 Å². The number of hydrogen-bond acceptors (Lipinski definition) is 4. The highest BCUT2D eigenvalue weighted by atomic mass is 32.1. The lowest BCUT2D eigenvalue weighted by molar-refractivity contribution is 0.659. The average Bonchev–Trinajstić information content (AvgIpc) is 2.73. The molecule has 2 N–H and O–H groups in total. The fourth-order valence-electron chi connectivity index (χ4n) is 1.41. The van der Waals surface area contributed by atoms with Crippen LogP contribution in [-0.4, -0.2) is 14.8 Å². The summed E-state index contributed by atoms with van der Waals surface area (Å²) in [6.45, 7) is 2.06. The van der Waals surface area contributed by atoms with Gasteiger partial charge in [0.05, 0.1) is 6.04 Å². The largest absolute Gasteiger partial charge is 0.318 e. The standard InChI is InChI=1S/C9H12N4S/c1-6-3-14-4-7(6)8(10)9-11-5-12-13(9)2/h3-5,8H,10H2,1-2H3. The van der Waals surface area contributed by atoms with Crippen LogP contribution in [0.15, 0.2) is 17.1 Å². The van der Waals surface area contributed by atoms with Gasteiger partial charge in [0.15, 0.2) is 0 Å². The maximum Gasteiger partial charge on any atom is 0.148 e. The molecule has 14 heavy (non-hydrogen) atoms. The van der Waals surface area contributed by atoms with Gasteiger partial charge >= 0.3 is 0 Å². The van der Waals surface area contributed by atoms with Crippen LogP contribution in [0.2, 0.25) is 0 Å². The predicted octanol–water partition coefficient (Wildman–Crippen LogP) is 1.23. The molecule has 5 heteroatoms. The van der Waals surface area contributed by atoms with Gasteiger partial charge in [-0.3, -0.25) is 4.68 Å². The Morgan fingerprint density at radius 3 is 2.79 bits per heavy atom. The van der Waals surface area contributed by atoms with Crippen LogP contribution in [0.4, 0.5) is 0 Å². The number of nitrogens with zero attached hydrogens (tertiary/aromatic N) is 3. The number of rotatable bonds is 2. The Bertz CT molecular complexity index is 391. The van der Waals surface area contributed by atoms with Crippen LogP contribution in [0.5, 0.6) is 0 Å². The number of aryl methyl sites for hydroxylation is 2. The van der Waals surface area contributed by atoms with Crippen molar-refractivity contribution in [2.45, 2.75) is 13.0 Å². The third-order valence-corrected chi connectivity index (χ3v) is 3.13. The molecule has 0 spiro atoms. The SMILES string of the molecule is Cc1cscc1C(N)c1ncnn1C. The van der Waals surface area contributed by atoms with Crippen molar-refractivity contribution in [2.75, 3.05) is 0 Å². The van der Waals surface area contributed by atoms with Crippen molar-refractivity contribution in [3.8, 4) is 0 Å². The van der Waals surface area contributed by atoms with Gasteiger partial charge < -0.3 is 5.73 Å². The van der Waals surface area contributed by atoms with Crippen LogP contribution >= 0.6 is 11.3 Å². The van der Waals surface area contributed by atoms with Crippen LogP contribution in [0.25, 0.3) is 0 Å². The third kappa shape index (κ3) is 1.44. The van der Waals surface area contributed by atoms with E-state index in [2.05, 4.69) is 27.8 Å². The van der Waals surface area contributed by atoms with Crippen LogP contribution in [-0.2, 0) is 7.05 Å². The van der Waals surface area contributed by atoms with Gasteiger partial charge in [0, 0.05) is 7.05 Å². The molecule has 0 saturated heterocycles. The molecule has 0 aliphatic heterocycles. The Kier molecular flexibility index (Phi) is 2.35. The van der Waals surface area contributed by atoms with Gasteiger partial charge in [0.1, 0.15) is 12.2 Å². The average molecular weight is 208 g/mol. The van der Waals surface area contributed by atoms with Gasteiger partial charge in [0.2, 0.25) is 0 Å². The Morgan fingerprint density at radius 1 is 1.50 bits per heavy atom. The molecule has 74 valence electrons. The van der Waals surface area contributed by atoms with Gasteiger partial charge in [-0.2, -0.15) is 16.4 Å². The second-order valence-corrected chi connectivity index (χ2v) is 3.97. The van der Waals surface area contributed by atoms with E-state index in [0.29, 0.717) is 0 Å². The second-order valence-electron chi connectivity index (χ2n) is 3.23. The number of thiophene rings is 1. The van der Waals surface area contributed by atoms with Crippen LogP contribution in [0.3, 0.4) is 0 Å². The first-order chi connectivity index (χ1) is 6.70. The van der Waals surface area contributed by atoms with Crippen molar-refractivity contribution in [1.29, 1.82) is 0 Å². The third-order valence-electron chi connectivity index (χ3n) is 2.25. The fraction of sp³-hybridized carbons (Fsp3) is 0.333. The molecule has 0 amide bonds. The highest BCUT2D eigenvalue weighted by molar-refractivity contribution is 7.08. The van der Waals surface area contributed by atoms with E-state index in [1.54, 1.807) is 16.0 Å². The summed E-state index contributed by atoms with van der Waals surface area (Å²) >= 11 is 1.66. The molecule has 0 aliphatic rings. The minimum atomic E-state index is -0.172. The maximum absolute atomic E-state index is 6.09. The summed E-state index contributed by atoms with van der Waals surface area (Å²) in [5.41, 5.74) is 8.43. The van der Waals surface area contributed by atoms with E-state index in [4.69, 9.17) is 5.73 Å². The van der Waals surface area contributed by atoms with Crippen molar-refractivity contribution >= 4 is 11.3 Å². The van der Waals surface area contributed by atoms with Crippen molar-refractivity contribution < 1.29 is 0 Å². The van der Waals surface area contributed by atoms with Gasteiger partial charge in [-0.1, -0.05) is 0 Å². The van der Waals surface area contributed by atoms with Gasteiger partial charge in [-0.25, -0.2) is 4.98 Å². The van der Waals surface area contributed by atoms with Crippen molar-refractivity contribution in [3.05, 3.63) is 34.0 Å². The molecule has 2 aromatic rings. The van der Waals surface area contributed by atoms with E-state index in [-0.39, 0.29) is 6.04 Å². The number of nitrogens with two attached hydrogens (primary N) is 1. The number of aromatic nitrogens is 3. The lowest BCUT2D eigenvalue weighted by Crippen LogP contribution is -2.17. The zero-order valence-electron chi connectivity index (χ0n) is 8.14. The smallest absolute Gasteiger partial charge is 0.148 e. The van der Waals surface area contributed by atoms with Crippen molar-refractivity contribution in [3.63, 3.8) is 0 Å². The summed E-state index contributed by atoms with van der Waals surface area (Å²) in [6.07, 6.45) is 1.52. The summed E-state index contributed by atoms with van der Waals surface area (Å²) in [5.74, 6) is 0.798. The Labute approximate surface area is 86.4 Å². The van der Waals surface area contributed by atoms with Gasteiger partial charge in [-0.05, 0) is 28.8 Å². The molecule has 4 nitrogen and oxygen atoms in total. The van der Waals surface area contributed by atoms with Crippen LogP contribution < -0.4 is 5.73 Å². The normalized spacial score (nSPS) is 13.1. The lowest BCUT2D eigenvalue weighted by Gasteiger charge is -2.09. The Morgan fingerprint density at radius 2 is 2.29 bits per heavy atom. The fourth-order valence-corrected chi connectivity index (χ4v) is 2.30. The first-order valence-corrected chi connectivity index (χ1v) is 5.26. The molecule has 0 saturated carbocycles. The van der Waals surface area contributed by atoms with Crippen molar-refractivity contribution in [2.24, 2.45) is 12.8 Å². The quantitative estimate of drug-likeness (QED) is 0.807. The summed E-state index contributed by atoms with van der Waals surface area (Å²) in [4.78, 5) is 4.14. The molecule has 2 aromatic heterocycles. The molecular formula is C9H12N4S. The summed E-state index contributed by atoms with van der Waals surface area (Å²) < 4.78 is 1.71. The Balaban J connectivity index is 2.38. The van der Waals surface area contributed by atoms with E-state index in [0.717, 1.165) is 11.4 Å². The summed E-state index contributed by atoms with van der Waals surface area (Å²) in [6, 6.07) is -0.172. The molecule has 0 aromatic carbocycles. The molecule has 0 bridgehead atoms. The molecule has 2 heterocycles. The predicted molar refractivity (Wildman–Crippen MR) is 56.1 cm³/mol.